The van der Waals surface area contributed by atoms with Crippen LogP contribution in [-0.4, -0.2) is 11.2 Å². The van der Waals surface area contributed by atoms with Gasteiger partial charge in [-0.05, 0) is 30.2 Å². The molecule has 0 saturated heterocycles. The van der Waals surface area contributed by atoms with Crippen LogP contribution in [0, 0.1) is 12.7 Å². The van der Waals surface area contributed by atoms with E-state index in [4.69, 9.17) is 4.98 Å². The number of thiazole rings is 1. The number of aromatic nitrogens is 1. The average Bonchev–Trinajstić information content (AvgIpc) is 3.15. The summed E-state index contributed by atoms with van der Waals surface area (Å²) < 4.78 is 13.0. The molecule has 1 N–H and O–H groups in total. The second-order valence-corrected chi connectivity index (χ2v) is 7.35. The van der Waals surface area contributed by atoms with Gasteiger partial charge in [0, 0.05) is 5.56 Å². The van der Waals surface area contributed by atoms with E-state index in [0.29, 0.717) is 5.13 Å². The van der Waals surface area contributed by atoms with Crippen LogP contribution in [0.1, 0.15) is 11.1 Å². The highest BCUT2D eigenvalue weighted by molar-refractivity contribution is 7.19. The maximum atomic E-state index is 13.0. The molecule has 3 aromatic carbocycles. The summed E-state index contributed by atoms with van der Waals surface area (Å²) in [6.07, 6.45) is 1.65. The first kappa shape index (κ1) is 18.1. The number of hydrazone groups is 1. The molecule has 0 spiro atoms. The Kier molecular flexibility index (Phi) is 5.26. The van der Waals surface area contributed by atoms with Crippen LogP contribution in [0.3, 0.4) is 0 Å². The molecule has 0 aliphatic rings. The number of rotatable bonds is 5. The van der Waals surface area contributed by atoms with E-state index < -0.39 is 0 Å². The van der Waals surface area contributed by atoms with Crippen molar-refractivity contribution < 1.29 is 4.39 Å². The Bertz CT molecular complexity index is 1090. The minimum Gasteiger partial charge on any atom is -0.253 e. The highest BCUT2D eigenvalue weighted by atomic mass is 32.1. The van der Waals surface area contributed by atoms with Crippen molar-refractivity contribution in [1.82, 2.24) is 4.98 Å². The van der Waals surface area contributed by atoms with Crippen LogP contribution >= 0.6 is 11.3 Å². The monoisotopic (exact) mass is 387 g/mol. The number of halogens is 1. The zero-order valence-corrected chi connectivity index (χ0v) is 16.1. The number of hydrogen-bond donors (Lipinski definition) is 1. The number of benzene rings is 3. The van der Waals surface area contributed by atoms with E-state index in [-0.39, 0.29) is 5.82 Å². The average molecular weight is 387 g/mol. The summed E-state index contributed by atoms with van der Waals surface area (Å²) in [5.74, 6) is -0.264. The number of aryl methyl sites for hydroxylation is 1. The van der Waals surface area contributed by atoms with E-state index in [1.54, 1.807) is 29.7 Å². The third-order valence-electron chi connectivity index (χ3n) is 4.23. The minimum atomic E-state index is -0.264. The molecule has 28 heavy (non-hydrogen) atoms. The van der Waals surface area contributed by atoms with E-state index in [2.05, 4.69) is 53.8 Å². The predicted octanol–water partition coefficient (Wildman–Crippen LogP) is 6.37. The van der Waals surface area contributed by atoms with Crippen LogP contribution in [0.5, 0.6) is 0 Å². The molecule has 1 aromatic heterocycles. The SMILES string of the molecule is Cc1ccc(-c2nc(N/N=C\c3ccc(F)cc3)sc2-c2ccccc2)cc1. The lowest BCUT2D eigenvalue weighted by molar-refractivity contribution is 0.628. The molecule has 0 saturated carbocycles. The number of hydrogen-bond acceptors (Lipinski definition) is 4. The van der Waals surface area contributed by atoms with Gasteiger partial charge in [-0.2, -0.15) is 5.10 Å². The Hall–Kier alpha value is -3.31. The van der Waals surface area contributed by atoms with Crippen molar-refractivity contribution in [3.05, 3.63) is 95.8 Å². The third kappa shape index (κ3) is 4.15. The molecule has 4 aromatic rings. The van der Waals surface area contributed by atoms with Crippen molar-refractivity contribution in [2.24, 2.45) is 5.10 Å². The van der Waals surface area contributed by atoms with Gasteiger partial charge in [-0.1, -0.05) is 83.6 Å². The molecule has 138 valence electrons. The first-order valence-corrected chi connectivity index (χ1v) is 9.68. The molecule has 1 heterocycles. The maximum Gasteiger partial charge on any atom is 0.204 e. The van der Waals surface area contributed by atoms with Gasteiger partial charge in [0.15, 0.2) is 0 Å². The lowest BCUT2D eigenvalue weighted by Crippen LogP contribution is -1.90. The van der Waals surface area contributed by atoms with Gasteiger partial charge in [0.2, 0.25) is 5.13 Å². The smallest absolute Gasteiger partial charge is 0.204 e. The fraction of sp³-hybridized carbons (Fsp3) is 0.0435. The summed E-state index contributed by atoms with van der Waals surface area (Å²) in [5, 5.41) is 4.95. The Labute approximate surface area is 167 Å². The fourth-order valence-corrected chi connectivity index (χ4v) is 3.71. The standard InChI is InChI=1S/C23H18FN3S/c1-16-7-11-18(12-8-16)21-22(19-5-3-2-4-6-19)28-23(26-21)27-25-15-17-9-13-20(24)14-10-17/h2-15H,1H3,(H,26,27)/b25-15-. The normalized spacial score (nSPS) is 11.1. The molecule has 4 rings (SSSR count). The van der Waals surface area contributed by atoms with Gasteiger partial charge >= 0.3 is 0 Å². The number of anilines is 1. The predicted molar refractivity (Wildman–Crippen MR) is 115 cm³/mol. The second-order valence-electron chi connectivity index (χ2n) is 6.35. The first-order chi connectivity index (χ1) is 13.7. The first-order valence-electron chi connectivity index (χ1n) is 8.87. The van der Waals surface area contributed by atoms with E-state index in [1.165, 1.54) is 17.7 Å². The molecular weight excluding hydrogens is 369 g/mol. The molecular formula is C23H18FN3S. The van der Waals surface area contributed by atoms with Crippen molar-refractivity contribution in [3.8, 4) is 21.7 Å². The minimum absolute atomic E-state index is 0.264. The molecule has 0 radical (unpaired) electrons. The highest BCUT2D eigenvalue weighted by Crippen LogP contribution is 2.39. The van der Waals surface area contributed by atoms with Gasteiger partial charge in [-0.15, -0.1) is 0 Å². The summed E-state index contributed by atoms with van der Waals surface area (Å²) in [6.45, 7) is 2.07. The molecule has 0 unspecified atom stereocenters. The molecule has 0 bridgehead atoms. The van der Waals surface area contributed by atoms with Gasteiger partial charge in [0.25, 0.3) is 0 Å². The number of nitrogens with zero attached hydrogens (tertiary/aromatic N) is 2. The molecule has 3 nitrogen and oxygen atoms in total. The molecule has 0 aliphatic heterocycles. The van der Waals surface area contributed by atoms with Gasteiger partial charge in [-0.25, -0.2) is 9.37 Å². The van der Waals surface area contributed by atoms with Crippen molar-refractivity contribution in [2.75, 3.05) is 5.43 Å². The summed E-state index contributed by atoms with van der Waals surface area (Å²) in [5.41, 5.74) is 8.14. The Morgan fingerprint density at radius 1 is 0.893 bits per heavy atom. The Balaban J connectivity index is 1.65. The van der Waals surface area contributed by atoms with Crippen LogP contribution in [0.2, 0.25) is 0 Å². The summed E-state index contributed by atoms with van der Waals surface area (Å²) in [6, 6.07) is 24.7. The van der Waals surface area contributed by atoms with Crippen LogP contribution in [-0.2, 0) is 0 Å². The van der Waals surface area contributed by atoms with E-state index in [9.17, 15) is 4.39 Å². The number of nitrogens with one attached hydrogen (secondary N) is 1. The van der Waals surface area contributed by atoms with Gasteiger partial charge < -0.3 is 0 Å². The maximum absolute atomic E-state index is 13.0. The van der Waals surface area contributed by atoms with E-state index in [1.807, 2.05) is 18.2 Å². The fourth-order valence-electron chi connectivity index (χ4n) is 2.77. The highest BCUT2D eigenvalue weighted by Gasteiger charge is 2.14. The van der Waals surface area contributed by atoms with Gasteiger partial charge in [0.05, 0.1) is 16.8 Å². The molecule has 0 aliphatic carbocycles. The molecule has 5 heteroatoms. The van der Waals surface area contributed by atoms with Crippen molar-refractivity contribution in [2.45, 2.75) is 6.92 Å². The zero-order valence-electron chi connectivity index (χ0n) is 15.3. The second kappa shape index (κ2) is 8.15. The van der Waals surface area contributed by atoms with Crippen LogP contribution in [0.4, 0.5) is 9.52 Å². The van der Waals surface area contributed by atoms with Crippen LogP contribution < -0.4 is 5.43 Å². The summed E-state index contributed by atoms with van der Waals surface area (Å²) in [4.78, 5) is 5.85. The van der Waals surface area contributed by atoms with Crippen molar-refractivity contribution >= 4 is 22.7 Å². The van der Waals surface area contributed by atoms with Crippen molar-refractivity contribution in [3.63, 3.8) is 0 Å². The zero-order chi connectivity index (χ0) is 19.3. The lowest BCUT2D eigenvalue weighted by atomic mass is 10.1. The molecule has 0 amide bonds. The lowest BCUT2D eigenvalue weighted by Gasteiger charge is -2.03. The summed E-state index contributed by atoms with van der Waals surface area (Å²) in [7, 11) is 0. The largest absolute Gasteiger partial charge is 0.253 e. The van der Waals surface area contributed by atoms with Crippen LogP contribution in [0.25, 0.3) is 21.7 Å². The Morgan fingerprint density at radius 3 is 2.32 bits per heavy atom. The quantitative estimate of drug-likeness (QED) is 0.319. The van der Waals surface area contributed by atoms with E-state index in [0.717, 1.165) is 27.3 Å². The Morgan fingerprint density at radius 2 is 1.61 bits per heavy atom. The molecule has 0 atom stereocenters. The van der Waals surface area contributed by atoms with E-state index >= 15 is 0 Å². The third-order valence-corrected chi connectivity index (χ3v) is 5.24. The van der Waals surface area contributed by atoms with Crippen molar-refractivity contribution in [1.29, 1.82) is 0 Å². The van der Waals surface area contributed by atoms with Gasteiger partial charge in [0.1, 0.15) is 5.82 Å². The van der Waals surface area contributed by atoms with Crippen LogP contribution in [0.15, 0.2) is 84.0 Å². The van der Waals surface area contributed by atoms with Gasteiger partial charge in [-0.3, -0.25) is 5.43 Å². The summed E-state index contributed by atoms with van der Waals surface area (Å²) >= 11 is 1.55. The topological polar surface area (TPSA) is 37.3 Å². The molecule has 0 fully saturated rings.